The van der Waals surface area contributed by atoms with Crippen LogP contribution in [0.1, 0.15) is 11.8 Å². The Morgan fingerprint density at radius 2 is 2.10 bits per heavy atom. The maximum atomic E-state index is 14.8. The second-order valence-corrected chi connectivity index (χ2v) is 8.79. The number of aromatic nitrogens is 4. The van der Waals surface area contributed by atoms with Crippen LogP contribution in [-0.2, 0) is 20.4 Å². The van der Waals surface area contributed by atoms with Gasteiger partial charge in [0.15, 0.2) is 23.9 Å². The summed E-state index contributed by atoms with van der Waals surface area (Å²) in [5, 5.41) is 12.5. The summed E-state index contributed by atoms with van der Waals surface area (Å²) in [7, 11) is -4.23. The number of fused-ring (bicyclic) bond motifs is 1. The van der Waals surface area contributed by atoms with E-state index < -0.39 is 39.0 Å². The standard InChI is InChI=1S/C17H19ClFN6O5P/c18-17-23-14(20)12-15(24-17)25(8-21-12)16-11(19)13(26)10(30-16)7-29-31(27,28)22-6-9-4-2-1-3-5-9/h1-5,8,10-11,13,16,26H,6-7H2,(H2,20,23,24)(H2,22,27,28)/t10-,11+,13-,16-/m1/s1. The second-order valence-electron chi connectivity index (χ2n) is 6.84. The molecule has 1 unspecified atom stereocenters. The van der Waals surface area contributed by atoms with Crippen LogP contribution >= 0.6 is 19.3 Å². The molecule has 1 aliphatic heterocycles. The van der Waals surface area contributed by atoms with Gasteiger partial charge in [0.1, 0.15) is 17.7 Å². The van der Waals surface area contributed by atoms with Gasteiger partial charge in [-0.2, -0.15) is 9.97 Å². The van der Waals surface area contributed by atoms with E-state index in [1.807, 2.05) is 6.07 Å². The first-order valence-electron chi connectivity index (χ1n) is 9.15. The summed E-state index contributed by atoms with van der Waals surface area (Å²) in [5.41, 5.74) is 6.83. The second kappa shape index (κ2) is 8.75. The lowest BCUT2D eigenvalue weighted by molar-refractivity contribution is -0.0430. The minimum Gasteiger partial charge on any atom is -0.387 e. The monoisotopic (exact) mass is 472 g/mol. The summed E-state index contributed by atoms with van der Waals surface area (Å²) in [6.45, 7) is -0.446. The Labute approximate surface area is 180 Å². The van der Waals surface area contributed by atoms with Gasteiger partial charge in [0, 0.05) is 6.54 Å². The number of nitrogens with two attached hydrogens (primary N) is 1. The van der Waals surface area contributed by atoms with Crippen molar-refractivity contribution in [1.82, 2.24) is 24.6 Å². The molecule has 1 fully saturated rings. The quantitative estimate of drug-likeness (QED) is 0.294. The SMILES string of the molecule is Nc1nc(Cl)nc2c1ncn2[C@@H]1O[C@H](COP(=O)(O)NCc2ccccc2)[C@@H](O)[C@@H]1F. The minimum absolute atomic E-state index is 0.00768. The number of nitrogen functional groups attached to an aromatic ring is 1. The molecule has 1 saturated heterocycles. The number of imidazole rings is 1. The van der Waals surface area contributed by atoms with Crippen molar-refractivity contribution in [3.05, 3.63) is 47.5 Å². The Morgan fingerprint density at radius 3 is 2.84 bits per heavy atom. The first-order chi connectivity index (χ1) is 14.7. The molecule has 0 aliphatic carbocycles. The number of anilines is 1. The van der Waals surface area contributed by atoms with Crippen molar-refractivity contribution in [2.24, 2.45) is 0 Å². The molecule has 0 saturated carbocycles. The fraction of sp³-hybridized carbons (Fsp3) is 0.353. The van der Waals surface area contributed by atoms with Crippen molar-refractivity contribution in [1.29, 1.82) is 0 Å². The van der Waals surface area contributed by atoms with Gasteiger partial charge in [-0.1, -0.05) is 30.3 Å². The molecule has 1 aliphatic rings. The number of halogens is 2. The summed E-state index contributed by atoms with van der Waals surface area (Å²) in [4.78, 5) is 21.8. The van der Waals surface area contributed by atoms with Crippen LogP contribution in [-0.4, -0.2) is 54.5 Å². The number of aliphatic hydroxyl groups excluding tert-OH is 1. The van der Waals surface area contributed by atoms with Crippen molar-refractivity contribution < 1.29 is 28.2 Å². The number of hydrogen-bond acceptors (Lipinski definition) is 8. The zero-order chi connectivity index (χ0) is 22.2. The number of nitrogens with one attached hydrogen (secondary N) is 1. The number of nitrogens with zero attached hydrogens (tertiary/aromatic N) is 4. The Balaban J connectivity index is 1.43. The maximum absolute atomic E-state index is 14.8. The average Bonchev–Trinajstić information content (AvgIpc) is 3.27. The molecule has 5 atom stereocenters. The van der Waals surface area contributed by atoms with E-state index in [9.17, 15) is 19.0 Å². The van der Waals surface area contributed by atoms with Crippen molar-refractivity contribution >= 4 is 36.3 Å². The van der Waals surface area contributed by atoms with Crippen molar-refractivity contribution in [3.8, 4) is 0 Å². The van der Waals surface area contributed by atoms with E-state index >= 15 is 0 Å². The lowest BCUT2D eigenvalue weighted by Crippen LogP contribution is -2.31. The predicted molar refractivity (Wildman–Crippen MR) is 109 cm³/mol. The normalized spacial score (nSPS) is 25.7. The van der Waals surface area contributed by atoms with Crippen LogP contribution in [0.4, 0.5) is 10.2 Å². The zero-order valence-electron chi connectivity index (χ0n) is 15.9. The van der Waals surface area contributed by atoms with Crippen LogP contribution in [0.15, 0.2) is 36.7 Å². The molecule has 3 aromatic rings. The number of hydrogen-bond donors (Lipinski definition) is 4. The highest BCUT2D eigenvalue weighted by Crippen LogP contribution is 2.40. The van der Waals surface area contributed by atoms with E-state index in [0.717, 1.165) is 5.56 Å². The van der Waals surface area contributed by atoms with Crippen molar-refractivity contribution in [3.63, 3.8) is 0 Å². The Bertz CT molecular complexity index is 1120. The molecule has 0 radical (unpaired) electrons. The molecule has 0 amide bonds. The van der Waals surface area contributed by atoms with Crippen molar-refractivity contribution in [2.75, 3.05) is 12.3 Å². The molecular formula is C17H19ClFN6O5P. The maximum Gasteiger partial charge on any atom is 0.403 e. The van der Waals surface area contributed by atoms with Crippen LogP contribution < -0.4 is 10.8 Å². The first-order valence-corrected chi connectivity index (χ1v) is 11.1. The van der Waals surface area contributed by atoms with E-state index in [1.165, 1.54) is 10.9 Å². The van der Waals surface area contributed by atoms with Gasteiger partial charge in [0.05, 0.1) is 12.9 Å². The molecular weight excluding hydrogens is 454 g/mol. The molecule has 1 aromatic carbocycles. The molecule has 14 heteroatoms. The van der Waals surface area contributed by atoms with Crippen molar-refractivity contribution in [2.45, 2.75) is 31.2 Å². The summed E-state index contributed by atoms with van der Waals surface area (Å²) in [6, 6.07) is 8.94. The fourth-order valence-corrected chi connectivity index (χ4v) is 4.16. The summed E-state index contributed by atoms with van der Waals surface area (Å²) < 4.78 is 38.8. The lowest BCUT2D eigenvalue weighted by atomic mass is 10.1. The Hall–Kier alpha value is -2.18. The molecule has 2 aromatic heterocycles. The molecule has 166 valence electrons. The van der Waals surface area contributed by atoms with E-state index in [2.05, 4.69) is 20.0 Å². The van der Waals surface area contributed by atoms with Gasteiger partial charge in [0.2, 0.25) is 5.28 Å². The number of rotatable bonds is 7. The van der Waals surface area contributed by atoms with Gasteiger partial charge in [-0.3, -0.25) is 9.09 Å². The Kier molecular flexibility index (Phi) is 6.22. The third kappa shape index (κ3) is 4.70. The van der Waals surface area contributed by atoms with Gasteiger partial charge in [-0.25, -0.2) is 19.0 Å². The van der Waals surface area contributed by atoms with E-state index in [-0.39, 0.29) is 28.8 Å². The number of alkyl halides is 1. The van der Waals surface area contributed by atoms with Crippen LogP contribution in [0, 0.1) is 0 Å². The molecule has 3 heterocycles. The van der Waals surface area contributed by atoms with Gasteiger partial charge in [0.25, 0.3) is 0 Å². The summed E-state index contributed by atoms with van der Waals surface area (Å²) in [6.07, 6.45) is -4.82. The largest absolute Gasteiger partial charge is 0.403 e. The topological polar surface area (TPSA) is 158 Å². The van der Waals surface area contributed by atoms with Gasteiger partial charge < -0.3 is 20.5 Å². The zero-order valence-corrected chi connectivity index (χ0v) is 17.5. The highest BCUT2D eigenvalue weighted by Gasteiger charge is 2.46. The smallest absolute Gasteiger partial charge is 0.387 e. The van der Waals surface area contributed by atoms with Crippen LogP contribution in [0.5, 0.6) is 0 Å². The minimum atomic E-state index is -4.23. The van der Waals surface area contributed by atoms with Gasteiger partial charge in [-0.15, -0.1) is 0 Å². The van der Waals surface area contributed by atoms with Crippen LogP contribution in [0.3, 0.4) is 0 Å². The lowest BCUT2D eigenvalue weighted by Gasteiger charge is -2.18. The van der Waals surface area contributed by atoms with Crippen LogP contribution in [0.2, 0.25) is 5.28 Å². The third-order valence-corrected chi connectivity index (χ3v) is 5.95. The van der Waals surface area contributed by atoms with Crippen LogP contribution in [0.25, 0.3) is 11.2 Å². The third-order valence-electron chi connectivity index (χ3n) is 4.73. The highest BCUT2D eigenvalue weighted by atomic mass is 35.5. The predicted octanol–water partition coefficient (Wildman–Crippen LogP) is 1.57. The molecule has 0 spiro atoms. The molecule has 0 bridgehead atoms. The Morgan fingerprint density at radius 1 is 1.35 bits per heavy atom. The highest BCUT2D eigenvalue weighted by molar-refractivity contribution is 7.50. The van der Waals surface area contributed by atoms with Gasteiger partial charge in [-0.05, 0) is 17.2 Å². The first kappa shape index (κ1) is 22.0. The van der Waals surface area contributed by atoms with E-state index in [4.69, 9.17) is 26.6 Å². The molecule has 5 N–H and O–H groups in total. The fourth-order valence-electron chi connectivity index (χ4n) is 3.17. The molecule has 31 heavy (non-hydrogen) atoms. The van der Waals surface area contributed by atoms with E-state index in [0.29, 0.717) is 0 Å². The number of aliphatic hydroxyl groups is 1. The summed E-state index contributed by atoms with van der Waals surface area (Å²) >= 11 is 5.81. The van der Waals surface area contributed by atoms with E-state index in [1.54, 1.807) is 24.3 Å². The molecule has 4 rings (SSSR count). The number of ether oxygens (including phenoxy) is 1. The summed E-state index contributed by atoms with van der Waals surface area (Å²) in [5.74, 6) is 0.00768. The molecule has 11 nitrogen and oxygen atoms in total. The number of benzene rings is 1. The average molecular weight is 473 g/mol. The van der Waals surface area contributed by atoms with Gasteiger partial charge >= 0.3 is 7.75 Å².